The van der Waals surface area contributed by atoms with E-state index < -0.39 is 5.54 Å². The lowest BCUT2D eigenvalue weighted by Crippen LogP contribution is -2.51. The number of ketones is 1. The molecule has 0 atom stereocenters. The second-order valence-corrected chi connectivity index (χ2v) is 6.80. The Morgan fingerprint density at radius 3 is 2.45 bits per heavy atom. The van der Waals surface area contributed by atoms with Crippen LogP contribution in [-0.2, 0) is 6.54 Å². The first-order valence-electron chi connectivity index (χ1n) is 7.49. The highest BCUT2D eigenvalue weighted by Gasteiger charge is 2.37. The van der Waals surface area contributed by atoms with E-state index in [0.717, 1.165) is 17.6 Å². The molecule has 0 radical (unpaired) electrons. The van der Waals surface area contributed by atoms with Crippen LogP contribution in [0, 0.1) is 0 Å². The molecule has 0 amide bonds. The van der Waals surface area contributed by atoms with Crippen LogP contribution >= 0.6 is 15.9 Å². The first-order chi connectivity index (χ1) is 9.48. The number of carbonyl (C=O) groups is 1. The highest BCUT2D eigenvalue weighted by Crippen LogP contribution is 2.27. The van der Waals surface area contributed by atoms with Crippen LogP contribution in [-0.4, -0.2) is 39.1 Å². The Kier molecular flexibility index (Phi) is 5.02. The summed E-state index contributed by atoms with van der Waals surface area (Å²) in [5, 5.41) is 4.26. The standard InChI is InChI=1S/C15H24BrN3O/c1-4-19-13(12(16)11-17-19)14(20)15(2,3)18-9-7-5-6-8-10-18/h11H,4-10H2,1-3H3. The highest BCUT2D eigenvalue weighted by molar-refractivity contribution is 9.10. The Balaban J connectivity index is 2.27. The number of rotatable bonds is 4. The molecule has 0 N–H and O–H groups in total. The third-order valence-corrected chi connectivity index (χ3v) is 4.84. The summed E-state index contributed by atoms with van der Waals surface area (Å²) >= 11 is 3.47. The van der Waals surface area contributed by atoms with Crippen LogP contribution in [0.5, 0.6) is 0 Å². The van der Waals surface area contributed by atoms with E-state index in [1.807, 2.05) is 20.8 Å². The predicted octanol–water partition coefficient (Wildman–Crippen LogP) is 3.50. The van der Waals surface area contributed by atoms with Crippen molar-refractivity contribution in [1.82, 2.24) is 14.7 Å². The van der Waals surface area contributed by atoms with Crippen molar-refractivity contribution in [3.8, 4) is 0 Å². The molecule has 0 bridgehead atoms. The minimum absolute atomic E-state index is 0.158. The van der Waals surface area contributed by atoms with Crippen LogP contribution in [0.2, 0.25) is 0 Å². The van der Waals surface area contributed by atoms with Gasteiger partial charge in [-0.15, -0.1) is 0 Å². The molecular formula is C15H24BrN3O. The highest BCUT2D eigenvalue weighted by atomic mass is 79.9. The maximum atomic E-state index is 13.0. The summed E-state index contributed by atoms with van der Waals surface area (Å²) in [6, 6.07) is 0. The lowest BCUT2D eigenvalue weighted by Gasteiger charge is -2.36. The van der Waals surface area contributed by atoms with Crippen molar-refractivity contribution in [3.63, 3.8) is 0 Å². The van der Waals surface area contributed by atoms with Gasteiger partial charge in [0.2, 0.25) is 5.78 Å². The minimum Gasteiger partial charge on any atom is -0.291 e. The topological polar surface area (TPSA) is 38.1 Å². The molecular weight excluding hydrogens is 318 g/mol. The van der Waals surface area contributed by atoms with Gasteiger partial charge < -0.3 is 0 Å². The molecule has 5 heteroatoms. The maximum absolute atomic E-state index is 13.0. The van der Waals surface area contributed by atoms with Gasteiger partial charge in [-0.25, -0.2) is 0 Å². The molecule has 0 unspecified atom stereocenters. The van der Waals surface area contributed by atoms with Crippen LogP contribution in [0.15, 0.2) is 10.7 Å². The average molecular weight is 342 g/mol. The van der Waals surface area contributed by atoms with E-state index in [4.69, 9.17) is 0 Å². The van der Waals surface area contributed by atoms with E-state index in [0.29, 0.717) is 12.2 Å². The van der Waals surface area contributed by atoms with Crippen molar-refractivity contribution in [1.29, 1.82) is 0 Å². The summed E-state index contributed by atoms with van der Waals surface area (Å²) in [6.45, 7) is 8.82. The summed E-state index contributed by atoms with van der Waals surface area (Å²) < 4.78 is 2.58. The van der Waals surface area contributed by atoms with Gasteiger partial charge in [0.25, 0.3) is 0 Å². The largest absolute Gasteiger partial charge is 0.291 e. The van der Waals surface area contributed by atoms with Gasteiger partial charge in [0.1, 0.15) is 5.69 Å². The summed E-state index contributed by atoms with van der Waals surface area (Å²) in [6.07, 6.45) is 6.64. The zero-order valence-electron chi connectivity index (χ0n) is 12.7. The first kappa shape index (κ1) is 15.7. The van der Waals surface area contributed by atoms with E-state index in [-0.39, 0.29) is 5.78 Å². The van der Waals surface area contributed by atoms with Crippen LogP contribution < -0.4 is 0 Å². The Morgan fingerprint density at radius 1 is 1.30 bits per heavy atom. The van der Waals surface area contributed by atoms with Gasteiger partial charge in [-0.2, -0.15) is 5.10 Å². The SMILES string of the molecule is CCn1ncc(Br)c1C(=O)C(C)(C)N1CCCCCC1. The molecule has 0 spiro atoms. The van der Waals surface area contributed by atoms with E-state index in [1.54, 1.807) is 10.9 Å². The normalized spacial score (nSPS) is 18.0. The average Bonchev–Trinajstić information content (AvgIpc) is 2.65. The third kappa shape index (κ3) is 2.98. The molecule has 4 nitrogen and oxygen atoms in total. The molecule has 112 valence electrons. The molecule has 1 aliphatic heterocycles. The van der Waals surface area contributed by atoms with Crippen molar-refractivity contribution in [2.45, 2.75) is 58.5 Å². The van der Waals surface area contributed by atoms with Gasteiger partial charge in [-0.05, 0) is 62.6 Å². The quantitative estimate of drug-likeness (QED) is 0.786. The fourth-order valence-corrected chi connectivity index (χ4v) is 3.37. The third-order valence-electron chi connectivity index (χ3n) is 4.26. The fraction of sp³-hybridized carbons (Fsp3) is 0.733. The van der Waals surface area contributed by atoms with Gasteiger partial charge in [0, 0.05) is 6.54 Å². The number of aryl methyl sites for hydroxylation is 1. The number of carbonyl (C=O) groups excluding carboxylic acids is 1. The van der Waals surface area contributed by atoms with Gasteiger partial charge in [0.05, 0.1) is 16.2 Å². The Hall–Kier alpha value is -0.680. The summed E-state index contributed by atoms with van der Waals surface area (Å²) in [5.41, 5.74) is 0.224. The van der Waals surface area contributed by atoms with E-state index in [1.165, 1.54) is 25.7 Å². The van der Waals surface area contributed by atoms with Crippen molar-refractivity contribution in [3.05, 3.63) is 16.4 Å². The number of likely N-dealkylation sites (tertiary alicyclic amines) is 1. The van der Waals surface area contributed by atoms with Crippen molar-refractivity contribution >= 4 is 21.7 Å². The molecule has 2 heterocycles. The van der Waals surface area contributed by atoms with Crippen LogP contribution in [0.4, 0.5) is 0 Å². The number of Topliss-reactive ketones (excluding diaryl/α,β-unsaturated/α-hetero) is 1. The van der Waals surface area contributed by atoms with Gasteiger partial charge >= 0.3 is 0 Å². The van der Waals surface area contributed by atoms with Gasteiger partial charge in [-0.1, -0.05) is 12.8 Å². The Morgan fingerprint density at radius 2 is 1.90 bits per heavy atom. The maximum Gasteiger partial charge on any atom is 0.201 e. The van der Waals surface area contributed by atoms with E-state index >= 15 is 0 Å². The van der Waals surface area contributed by atoms with Crippen LogP contribution in [0.3, 0.4) is 0 Å². The Labute approximate surface area is 129 Å². The van der Waals surface area contributed by atoms with E-state index in [2.05, 4.69) is 25.9 Å². The van der Waals surface area contributed by atoms with Crippen LogP contribution in [0.1, 0.15) is 56.9 Å². The van der Waals surface area contributed by atoms with Crippen molar-refractivity contribution in [2.75, 3.05) is 13.1 Å². The van der Waals surface area contributed by atoms with Crippen molar-refractivity contribution in [2.24, 2.45) is 0 Å². The first-order valence-corrected chi connectivity index (χ1v) is 8.29. The lowest BCUT2D eigenvalue weighted by molar-refractivity contribution is 0.0637. The van der Waals surface area contributed by atoms with Gasteiger partial charge in [-0.3, -0.25) is 14.4 Å². The zero-order chi connectivity index (χ0) is 14.8. The summed E-state index contributed by atoms with van der Waals surface area (Å²) in [7, 11) is 0. The monoisotopic (exact) mass is 341 g/mol. The minimum atomic E-state index is -0.472. The number of aromatic nitrogens is 2. The molecule has 0 aliphatic carbocycles. The molecule has 1 aromatic rings. The smallest absolute Gasteiger partial charge is 0.201 e. The molecule has 1 aromatic heterocycles. The predicted molar refractivity (Wildman–Crippen MR) is 84.1 cm³/mol. The Bertz CT molecular complexity index is 473. The van der Waals surface area contributed by atoms with Gasteiger partial charge in [0.15, 0.2) is 0 Å². The zero-order valence-corrected chi connectivity index (χ0v) is 14.2. The molecule has 1 fully saturated rings. The molecule has 1 saturated heterocycles. The lowest BCUT2D eigenvalue weighted by atomic mass is 9.93. The number of halogens is 1. The molecule has 20 heavy (non-hydrogen) atoms. The van der Waals surface area contributed by atoms with E-state index in [9.17, 15) is 4.79 Å². The molecule has 1 aliphatic rings. The molecule has 0 saturated carbocycles. The summed E-state index contributed by atoms with van der Waals surface area (Å²) in [4.78, 5) is 15.3. The number of hydrogen-bond donors (Lipinski definition) is 0. The summed E-state index contributed by atoms with van der Waals surface area (Å²) in [5.74, 6) is 0.158. The van der Waals surface area contributed by atoms with Crippen LogP contribution in [0.25, 0.3) is 0 Å². The second kappa shape index (κ2) is 6.39. The molecule has 2 rings (SSSR count). The fourth-order valence-electron chi connectivity index (χ4n) is 2.89. The molecule has 0 aromatic carbocycles. The van der Waals surface area contributed by atoms with Crippen molar-refractivity contribution < 1.29 is 4.79 Å². The number of hydrogen-bond acceptors (Lipinski definition) is 3. The number of nitrogens with zero attached hydrogens (tertiary/aromatic N) is 3. The second-order valence-electron chi connectivity index (χ2n) is 5.95.